The Bertz CT molecular complexity index is 537. The van der Waals surface area contributed by atoms with E-state index in [1.165, 1.54) is 18.2 Å². The molecule has 2 amide bonds. The molecule has 1 saturated heterocycles. The van der Waals surface area contributed by atoms with Crippen LogP contribution in [0.1, 0.15) is 37.6 Å². The minimum atomic E-state index is -0.554. The van der Waals surface area contributed by atoms with Crippen LogP contribution in [-0.2, 0) is 4.79 Å². The molecule has 1 atom stereocenters. The van der Waals surface area contributed by atoms with E-state index in [-0.39, 0.29) is 29.5 Å². The van der Waals surface area contributed by atoms with Crippen molar-refractivity contribution >= 4 is 11.8 Å². The minimum absolute atomic E-state index is 0.00848. The minimum Gasteiger partial charge on any atom is -0.347 e. The summed E-state index contributed by atoms with van der Waals surface area (Å²) in [5, 5.41) is 2.73. The molecule has 1 aromatic carbocycles. The number of nitrogens with zero attached hydrogens (tertiary/aromatic N) is 1. The van der Waals surface area contributed by atoms with Gasteiger partial charge in [0.1, 0.15) is 5.82 Å². The van der Waals surface area contributed by atoms with Crippen molar-refractivity contribution in [3.8, 4) is 0 Å². The van der Waals surface area contributed by atoms with E-state index in [1.807, 2.05) is 20.8 Å². The van der Waals surface area contributed by atoms with Crippen molar-refractivity contribution in [1.29, 1.82) is 0 Å². The lowest BCUT2D eigenvalue weighted by Gasteiger charge is -2.32. The average Bonchev–Trinajstić information content (AvgIpc) is 2.70. The Morgan fingerprint density at radius 3 is 2.55 bits per heavy atom. The van der Waals surface area contributed by atoms with Crippen molar-refractivity contribution in [1.82, 2.24) is 10.2 Å². The van der Waals surface area contributed by atoms with Crippen molar-refractivity contribution < 1.29 is 14.0 Å². The Morgan fingerprint density at radius 2 is 2.00 bits per heavy atom. The second kappa shape index (κ2) is 5.23. The third-order valence-corrected chi connectivity index (χ3v) is 3.39. The van der Waals surface area contributed by atoms with Crippen LogP contribution in [0.2, 0.25) is 0 Å². The van der Waals surface area contributed by atoms with Crippen LogP contribution in [0.5, 0.6) is 0 Å². The Hall–Kier alpha value is -1.91. The molecule has 4 nitrogen and oxygen atoms in total. The first-order chi connectivity index (χ1) is 9.29. The molecule has 20 heavy (non-hydrogen) atoms. The van der Waals surface area contributed by atoms with Crippen molar-refractivity contribution in [3.05, 3.63) is 35.6 Å². The Balaban J connectivity index is 2.04. The third kappa shape index (κ3) is 2.98. The molecule has 0 radical (unpaired) electrons. The van der Waals surface area contributed by atoms with Gasteiger partial charge in [-0.3, -0.25) is 9.59 Å². The summed E-state index contributed by atoms with van der Waals surface area (Å²) in [4.78, 5) is 25.7. The van der Waals surface area contributed by atoms with Crippen LogP contribution >= 0.6 is 0 Å². The predicted octanol–water partition coefficient (Wildman–Crippen LogP) is 1.95. The van der Waals surface area contributed by atoms with Crippen molar-refractivity contribution in [3.63, 3.8) is 0 Å². The van der Waals surface area contributed by atoms with Gasteiger partial charge in [0, 0.05) is 18.5 Å². The molecule has 0 saturated carbocycles. The van der Waals surface area contributed by atoms with Crippen molar-refractivity contribution in [2.75, 3.05) is 6.54 Å². The van der Waals surface area contributed by atoms with Crippen LogP contribution in [0, 0.1) is 5.82 Å². The summed E-state index contributed by atoms with van der Waals surface area (Å²) in [6, 6.07) is 5.55. The van der Waals surface area contributed by atoms with Gasteiger partial charge in [-0.15, -0.1) is 0 Å². The second-order valence-electron chi connectivity index (χ2n) is 6.03. The molecule has 0 spiro atoms. The lowest BCUT2D eigenvalue weighted by molar-refractivity contribution is -0.131. The fourth-order valence-corrected chi connectivity index (χ4v) is 2.36. The lowest BCUT2D eigenvalue weighted by atomic mass is 10.1. The average molecular weight is 278 g/mol. The summed E-state index contributed by atoms with van der Waals surface area (Å²) in [5.41, 5.74) is -0.261. The third-order valence-electron chi connectivity index (χ3n) is 3.39. The molecule has 0 aromatic heterocycles. The second-order valence-corrected chi connectivity index (χ2v) is 6.03. The van der Waals surface area contributed by atoms with Crippen LogP contribution in [0.4, 0.5) is 4.39 Å². The number of hydrogen-bond acceptors (Lipinski definition) is 2. The first-order valence-corrected chi connectivity index (χ1v) is 6.65. The molecular weight excluding hydrogens is 259 g/mol. The fraction of sp³-hybridized carbons (Fsp3) is 0.467. The summed E-state index contributed by atoms with van der Waals surface area (Å²) in [6.07, 6.45) is 0.261. The molecule has 108 valence electrons. The summed E-state index contributed by atoms with van der Waals surface area (Å²) in [6.45, 7) is 6.31. The number of hydrogen-bond donors (Lipinski definition) is 1. The zero-order valence-corrected chi connectivity index (χ0v) is 11.9. The van der Waals surface area contributed by atoms with Gasteiger partial charge < -0.3 is 10.2 Å². The van der Waals surface area contributed by atoms with Crippen LogP contribution in [0.3, 0.4) is 0 Å². The van der Waals surface area contributed by atoms with E-state index in [9.17, 15) is 14.0 Å². The van der Waals surface area contributed by atoms with Gasteiger partial charge in [-0.2, -0.15) is 0 Å². The first-order valence-electron chi connectivity index (χ1n) is 6.65. The zero-order chi connectivity index (χ0) is 14.9. The van der Waals surface area contributed by atoms with Gasteiger partial charge in [-0.25, -0.2) is 4.39 Å². The number of likely N-dealkylation sites (tertiary alicyclic amines) is 1. The van der Waals surface area contributed by atoms with Gasteiger partial charge in [0.2, 0.25) is 5.91 Å². The molecule has 1 fully saturated rings. The Kier molecular flexibility index (Phi) is 3.79. The van der Waals surface area contributed by atoms with Gasteiger partial charge in [-0.1, -0.05) is 12.1 Å². The Morgan fingerprint density at radius 1 is 1.35 bits per heavy atom. The van der Waals surface area contributed by atoms with E-state index in [0.29, 0.717) is 6.54 Å². The van der Waals surface area contributed by atoms with E-state index >= 15 is 0 Å². The van der Waals surface area contributed by atoms with Crippen LogP contribution in [0.15, 0.2) is 24.3 Å². The zero-order valence-electron chi connectivity index (χ0n) is 11.9. The summed E-state index contributed by atoms with van der Waals surface area (Å²) in [7, 11) is 0. The number of halogens is 1. The quantitative estimate of drug-likeness (QED) is 0.899. The molecule has 1 aliphatic rings. The maximum Gasteiger partial charge on any atom is 0.254 e. The molecule has 0 aliphatic carbocycles. The van der Waals surface area contributed by atoms with Gasteiger partial charge in [0.15, 0.2) is 0 Å². The van der Waals surface area contributed by atoms with Crippen LogP contribution in [0.25, 0.3) is 0 Å². The number of amides is 2. The lowest BCUT2D eigenvalue weighted by Crippen LogP contribution is -2.44. The van der Waals surface area contributed by atoms with Gasteiger partial charge in [0.05, 0.1) is 11.6 Å². The highest BCUT2D eigenvalue weighted by Crippen LogP contribution is 2.22. The highest BCUT2D eigenvalue weighted by molar-refractivity contribution is 5.95. The topological polar surface area (TPSA) is 49.4 Å². The standard InChI is InChI=1S/C15H19FN2O2/c1-15(2,3)18-9-10(8-13(18)19)17-14(20)11-6-4-5-7-12(11)16/h4-7,10H,8-9H2,1-3H3,(H,17,20). The first kappa shape index (κ1) is 14.5. The highest BCUT2D eigenvalue weighted by Gasteiger charge is 2.36. The van der Waals surface area contributed by atoms with Crippen LogP contribution in [-0.4, -0.2) is 34.8 Å². The number of rotatable bonds is 2. The number of carbonyl (C=O) groups excluding carboxylic acids is 2. The fourth-order valence-electron chi connectivity index (χ4n) is 2.36. The predicted molar refractivity (Wildman–Crippen MR) is 73.7 cm³/mol. The molecule has 5 heteroatoms. The molecule has 1 heterocycles. The molecule has 0 bridgehead atoms. The normalized spacial score (nSPS) is 19.3. The van der Waals surface area contributed by atoms with E-state index in [1.54, 1.807) is 11.0 Å². The van der Waals surface area contributed by atoms with Crippen molar-refractivity contribution in [2.45, 2.75) is 38.8 Å². The number of carbonyl (C=O) groups is 2. The van der Waals surface area contributed by atoms with E-state index < -0.39 is 11.7 Å². The maximum atomic E-state index is 13.5. The van der Waals surface area contributed by atoms with E-state index in [4.69, 9.17) is 0 Å². The highest BCUT2D eigenvalue weighted by atomic mass is 19.1. The van der Waals surface area contributed by atoms with Gasteiger partial charge in [0.25, 0.3) is 5.91 Å². The Labute approximate surface area is 118 Å². The molecular formula is C15H19FN2O2. The summed E-state index contributed by atoms with van der Waals surface area (Å²) in [5.74, 6) is -1.02. The van der Waals surface area contributed by atoms with Gasteiger partial charge in [-0.05, 0) is 32.9 Å². The maximum absolute atomic E-state index is 13.5. The summed E-state index contributed by atoms with van der Waals surface area (Å²) >= 11 is 0. The monoisotopic (exact) mass is 278 g/mol. The molecule has 1 unspecified atom stereocenters. The SMILES string of the molecule is CC(C)(C)N1CC(NC(=O)c2ccccc2F)CC1=O. The molecule has 1 aliphatic heterocycles. The smallest absolute Gasteiger partial charge is 0.254 e. The van der Waals surface area contributed by atoms with E-state index in [2.05, 4.69) is 5.32 Å². The largest absolute Gasteiger partial charge is 0.347 e. The molecule has 1 aromatic rings. The number of nitrogens with one attached hydrogen (secondary N) is 1. The van der Waals surface area contributed by atoms with E-state index in [0.717, 1.165) is 0 Å². The van der Waals surface area contributed by atoms with Crippen molar-refractivity contribution in [2.24, 2.45) is 0 Å². The molecule has 2 rings (SSSR count). The van der Waals surface area contributed by atoms with Crippen LogP contribution < -0.4 is 5.32 Å². The number of benzene rings is 1. The summed E-state index contributed by atoms with van der Waals surface area (Å²) < 4.78 is 13.5. The van der Waals surface area contributed by atoms with Gasteiger partial charge >= 0.3 is 0 Å². The molecule has 1 N–H and O–H groups in total.